The smallest absolute Gasteiger partial charge is 0.242 e. The molecule has 1 saturated heterocycles. The predicted octanol–water partition coefficient (Wildman–Crippen LogP) is 2.50. The van der Waals surface area contributed by atoms with E-state index in [9.17, 15) is 9.59 Å². The zero-order valence-electron chi connectivity index (χ0n) is 17.2. The minimum absolute atomic E-state index is 0.0921. The lowest BCUT2D eigenvalue weighted by Gasteiger charge is -2.28. The van der Waals surface area contributed by atoms with Crippen LogP contribution in [0, 0.1) is 5.92 Å². The Bertz CT molecular complexity index is 963. The van der Waals surface area contributed by atoms with Crippen LogP contribution >= 0.6 is 23.2 Å². The summed E-state index contributed by atoms with van der Waals surface area (Å²) in [6.07, 6.45) is 6.54. The lowest BCUT2D eigenvalue weighted by molar-refractivity contribution is -0.139. The number of aromatic amines is 1. The minimum Gasteiger partial charge on any atom is -0.354 e. The van der Waals surface area contributed by atoms with Gasteiger partial charge in [0.2, 0.25) is 11.8 Å². The molecule has 1 aromatic heterocycles. The summed E-state index contributed by atoms with van der Waals surface area (Å²) < 4.78 is 0. The number of likely N-dealkylation sites (tertiary alicyclic amines) is 1. The van der Waals surface area contributed by atoms with Crippen LogP contribution in [0.5, 0.6) is 0 Å². The molecule has 166 valence electrons. The quantitative estimate of drug-likeness (QED) is 0.611. The van der Waals surface area contributed by atoms with Crippen LogP contribution in [0.3, 0.4) is 0 Å². The van der Waals surface area contributed by atoms with Crippen molar-refractivity contribution in [1.29, 1.82) is 0 Å². The van der Waals surface area contributed by atoms with Crippen molar-refractivity contribution in [2.45, 2.75) is 50.6 Å². The number of H-pyrrole nitrogens is 1. The molecular weight excluding hydrogens is 437 g/mol. The molecule has 4 N–H and O–H groups in total. The number of nitrogens with zero attached hydrogens (tertiary/aromatic N) is 2. The maximum absolute atomic E-state index is 13.0. The summed E-state index contributed by atoms with van der Waals surface area (Å²) in [6.45, 7) is 1.16. The van der Waals surface area contributed by atoms with Gasteiger partial charge in [-0.25, -0.2) is 0 Å². The first kappa shape index (κ1) is 22.1. The summed E-state index contributed by atoms with van der Waals surface area (Å²) >= 11 is 12.0. The van der Waals surface area contributed by atoms with E-state index in [1.807, 2.05) is 12.3 Å². The number of nitrogens with two attached hydrogens (primary N) is 1. The molecule has 0 spiro atoms. The van der Waals surface area contributed by atoms with E-state index in [2.05, 4.69) is 15.5 Å². The fourth-order valence-corrected chi connectivity index (χ4v) is 4.87. The molecular formula is C22H27Cl2N5O2. The van der Waals surface area contributed by atoms with Crippen LogP contribution in [0.4, 0.5) is 0 Å². The van der Waals surface area contributed by atoms with Crippen molar-refractivity contribution < 1.29 is 9.59 Å². The number of halogens is 2. The normalized spacial score (nSPS) is 21.6. The number of aromatic nitrogens is 2. The van der Waals surface area contributed by atoms with Gasteiger partial charge in [-0.15, -0.1) is 0 Å². The Kier molecular flexibility index (Phi) is 6.84. The molecule has 1 aliphatic heterocycles. The number of rotatable bonds is 6. The van der Waals surface area contributed by atoms with Crippen LogP contribution < -0.4 is 11.1 Å². The lowest BCUT2D eigenvalue weighted by Crippen LogP contribution is -2.52. The van der Waals surface area contributed by atoms with Gasteiger partial charge in [0.25, 0.3) is 0 Å². The first-order chi connectivity index (χ1) is 14.9. The third-order valence-corrected chi connectivity index (χ3v) is 7.02. The Hall–Kier alpha value is -2.09. The number of hydrogen-bond acceptors (Lipinski definition) is 4. The Balaban J connectivity index is 1.31. The van der Waals surface area contributed by atoms with Gasteiger partial charge in [0, 0.05) is 18.8 Å². The van der Waals surface area contributed by atoms with Gasteiger partial charge >= 0.3 is 0 Å². The molecule has 3 atom stereocenters. The molecule has 9 heteroatoms. The van der Waals surface area contributed by atoms with Crippen LogP contribution in [0.1, 0.15) is 36.1 Å². The molecule has 1 aromatic carbocycles. The van der Waals surface area contributed by atoms with E-state index in [0.29, 0.717) is 41.9 Å². The molecule has 1 fully saturated rings. The maximum Gasteiger partial charge on any atom is 0.242 e. The van der Waals surface area contributed by atoms with Crippen LogP contribution in [0.2, 0.25) is 10.0 Å². The summed E-state index contributed by atoms with van der Waals surface area (Å²) in [5, 5.41) is 11.1. The zero-order chi connectivity index (χ0) is 22.0. The van der Waals surface area contributed by atoms with Crippen molar-refractivity contribution in [3.8, 4) is 0 Å². The third kappa shape index (κ3) is 5.05. The van der Waals surface area contributed by atoms with Gasteiger partial charge in [-0.1, -0.05) is 29.3 Å². The van der Waals surface area contributed by atoms with E-state index in [1.54, 1.807) is 17.0 Å². The average molecular weight is 464 g/mol. The number of carbonyl (C=O) groups is 2. The Labute approximate surface area is 191 Å². The van der Waals surface area contributed by atoms with Gasteiger partial charge in [-0.2, -0.15) is 5.10 Å². The SMILES string of the molecule is NC(Cc1ccc(Cl)c(Cl)c1)C(=O)N1CCCC1C(=O)NCC1CCc2[nH]ncc2C1. The van der Waals surface area contributed by atoms with E-state index in [1.165, 1.54) is 11.3 Å². The van der Waals surface area contributed by atoms with Gasteiger partial charge in [-0.05, 0) is 67.7 Å². The van der Waals surface area contributed by atoms with Gasteiger partial charge in [-0.3, -0.25) is 14.7 Å². The van der Waals surface area contributed by atoms with Gasteiger partial charge in [0.05, 0.1) is 22.3 Å². The number of hydrogen-bond donors (Lipinski definition) is 3. The summed E-state index contributed by atoms with van der Waals surface area (Å²) in [4.78, 5) is 27.5. The topological polar surface area (TPSA) is 104 Å². The van der Waals surface area contributed by atoms with E-state index in [-0.39, 0.29) is 11.8 Å². The van der Waals surface area contributed by atoms with Crippen molar-refractivity contribution >= 4 is 35.0 Å². The van der Waals surface area contributed by atoms with E-state index < -0.39 is 12.1 Å². The lowest BCUT2D eigenvalue weighted by atomic mass is 9.88. The van der Waals surface area contributed by atoms with Crippen LogP contribution in [0.25, 0.3) is 0 Å². The highest BCUT2D eigenvalue weighted by molar-refractivity contribution is 6.42. The number of amides is 2. The third-order valence-electron chi connectivity index (χ3n) is 6.28. The van der Waals surface area contributed by atoms with Gasteiger partial charge in [0.15, 0.2) is 0 Å². The van der Waals surface area contributed by atoms with Crippen molar-refractivity contribution in [2.24, 2.45) is 11.7 Å². The molecule has 2 aliphatic rings. The van der Waals surface area contributed by atoms with Crippen molar-refractivity contribution in [3.05, 3.63) is 51.3 Å². The van der Waals surface area contributed by atoms with Crippen LogP contribution in [-0.4, -0.2) is 52.1 Å². The number of carbonyl (C=O) groups excluding carboxylic acids is 2. The molecule has 1 aliphatic carbocycles. The van der Waals surface area contributed by atoms with Crippen molar-refractivity contribution in [3.63, 3.8) is 0 Å². The van der Waals surface area contributed by atoms with Gasteiger partial charge < -0.3 is 16.0 Å². The monoisotopic (exact) mass is 463 g/mol. The first-order valence-electron chi connectivity index (χ1n) is 10.7. The summed E-state index contributed by atoms with van der Waals surface area (Å²) in [5.41, 5.74) is 9.47. The summed E-state index contributed by atoms with van der Waals surface area (Å²) in [5.74, 6) is 0.0894. The molecule has 2 aromatic rings. The molecule has 0 bridgehead atoms. The molecule has 2 amide bonds. The number of benzene rings is 1. The number of aryl methyl sites for hydroxylation is 1. The van der Waals surface area contributed by atoms with Crippen molar-refractivity contribution in [1.82, 2.24) is 20.4 Å². The fourth-order valence-electron chi connectivity index (χ4n) is 4.55. The van der Waals surface area contributed by atoms with E-state index >= 15 is 0 Å². The van der Waals surface area contributed by atoms with Gasteiger partial charge in [0.1, 0.15) is 6.04 Å². The highest BCUT2D eigenvalue weighted by atomic mass is 35.5. The molecule has 0 radical (unpaired) electrons. The first-order valence-corrected chi connectivity index (χ1v) is 11.5. The van der Waals surface area contributed by atoms with Crippen LogP contribution in [-0.2, 0) is 28.9 Å². The predicted molar refractivity (Wildman–Crippen MR) is 120 cm³/mol. The van der Waals surface area contributed by atoms with E-state index in [0.717, 1.165) is 31.2 Å². The molecule has 31 heavy (non-hydrogen) atoms. The highest BCUT2D eigenvalue weighted by Gasteiger charge is 2.36. The molecule has 4 rings (SSSR count). The Morgan fingerprint density at radius 3 is 2.94 bits per heavy atom. The van der Waals surface area contributed by atoms with Crippen molar-refractivity contribution in [2.75, 3.05) is 13.1 Å². The Morgan fingerprint density at radius 2 is 2.13 bits per heavy atom. The molecule has 0 saturated carbocycles. The minimum atomic E-state index is -0.733. The summed E-state index contributed by atoms with van der Waals surface area (Å²) in [7, 11) is 0. The molecule has 2 heterocycles. The summed E-state index contributed by atoms with van der Waals surface area (Å²) in [6, 6.07) is 4.04. The highest BCUT2D eigenvalue weighted by Crippen LogP contribution is 2.25. The van der Waals surface area contributed by atoms with E-state index in [4.69, 9.17) is 28.9 Å². The number of fused-ring (bicyclic) bond motifs is 1. The van der Waals surface area contributed by atoms with Crippen LogP contribution in [0.15, 0.2) is 24.4 Å². The standard InChI is InChI=1S/C22H27Cl2N5O2/c23-16-5-3-13(9-17(16)24)10-18(25)22(31)29-7-1-2-20(29)21(30)26-11-14-4-6-19-15(8-14)12-27-28-19/h3,5,9,12,14,18,20H,1-2,4,6-8,10-11,25H2,(H,26,30)(H,27,28). The molecule has 3 unspecified atom stereocenters. The fraction of sp³-hybridized carbons (Fsp3) is 0.500. The second-order valence-electron chi connectivity index (χ2n) is 8.48. The zero-order valence-corrected chi connectivity index (χ0v) is 18.8. The number of nitrogens with one attached hydrogen (secondary N) is 2. The second-order valence-corrected chi connectivity index (χ2v) is 9.29. The Morgan fingerprint density at radius 1 is 1.29 bits per heavy atom. The largest absolute Gasteiger partial charge is 0.354 e. The second kappa shape index (κ2) is 9.59. The maximum atomic E-state index is 13.0. The average Bonchev–Trinajstić information content (AvgIpc) is 3.43. The molecule has 7 nitrogen and oxygen atoms in total.